The average molecular weight is 288 g/mol. The van der Waals surface area contributed by atoms with Crippen molar-refractivity contribution in [2.75, 3.05) is 0 Å². The Kier molecular flexibility index (Phi) is 3.13. The van der Waals surface area contributed by atoms with Crippen molar-refractivity contribution in [3.05, 3.63) is 11.6 Å². The maximum atomic E-state index is 10.1. The molecule has 0 aromatic carbocycles. The van der Waals surface area contributed by atoms with Crippen LogP contribution in [0.2, 0.25) is 0 Å². The van der Waals surface area contributed by atoms with Crippen LogP contribution in [0.25, 0.3) is 0 Å². The normalized spacial score (nSPS) is 56.2. The van der Waals surface area contributed by atoms with Gasteiger partial charge in [-0.05, 0) is 92.8 Å². The van der Waals surface area contributed by atoms with Gasteiger partial charge in [0.05, 0.1) is 6.10 Å². The standard InChI is InChI=1S/C20H32O/c1-13-10-18-16-5-4-14-11-15(21)6-9-20(14,3)17(16)7-8-19(18,2)12-13/h12,14-18,21H,4-11H2,1-3H3/t14-,15-,16-,17+,18+,19-,20+/m0/s1. The lowest BCUT2D eigenvalue weighted by Gasteiger charge is -2.60. The maximum Gasteiger partial charge on any atom is 0.0543 e. The second-order valence-electron chi connectivity index (χ2n) is 9.32. The first-order valence-electron chi connectivity index (χ1n) is 9.29. The van der Waals surface area contributed by atoms with E-state index in [0.717, 1.165) is 36.5 Å². The first-order valence-corrected chi connectivity index (χ1v) is 9.29. The molecule has 1 nitrogen and oxygen atoms in total. The van der Waals surface area contributed by atoms with E-state index in [4.69, 9.17) is 0 Å². The molecule has 0 unspecified atom stereocenters. The Bertz CT molecular complexity index is 466. The Labute approximate surface area is 130 Å². The molecule has 3 fully saturated rings. The number of aliphatic hydroxyl groups is 1. The fourth-order valence-corrected chi connectivity index (χ4v) is 7.12. The minimum atomic E-state index is -0.0103. The van der Waals surface area contributed by atoms with E-state index >= 15 is 0 Å². The van der Waals surface area contributed by atoms with Crippen LogP contribution in [-0.4, -0.2) is 11.2 Å². The van der Waals surface area contributed by atoms with Gasteiger partial charge in [-0.2, -0.15) is 0 Å². The summed E-state index contributed by atoms with van der Waals surface area (Å²) < 4.78 is 0. The zero-order valence-corrected chi connectivity index (χ0v) is 14.1. The molecule has 0 radical (unpaired) electrons. The molecular formula is C20H32O. The Morgan fingerprint density at radius 3 is 2.67 bits per heavy atom. The highest BCUT2D eigenvalue weighted by molar-refractivity contribution is 5.21. The van der Waals surface area contributed by atoms with E-state index in [9.17, 15) is 5.11 Å². The van der Waals surface area contributed by atoms with Crippen molar-refractivity contribution in [1.82, 2.24) is 0 Å². The monoisotopic (exact) mass is 288 g/mol. The van der Waals surface area contributed by atoms with Gasteiger partial charge in [-0.25, -0.2) is 0 Å². The van der Waals surface area contributed by atoms with Gasteiger partial charge < -0.3 is 5.11 Å². The summed E-state index contributed by atoms with van der Waals surface area (Å²) in [6, 6.07) is 0. The molecule has 118 valence electrons. The van der Waals surface area contributed by atoms with Crippen molar-refractivity contribution in [3.8, 4) is 0 Å². The molecule has 0 bridgehead atoms. The molecule has 4 rings (SSSR count). The van der Waals surface area contributed by atoms with Crippen molar-refractivity contribution in [2.45, 2.75) is 78.2 Å². The zero-order chi connectivity index (χ0) is 14.8. The molecule has 0 spiro atoms. The largest absolute Gasteiger partial charge is 0.393 e. The predicted octanol–water partition coefficient (Wildman–Crippen LogP) is 4.95. The van der Waals surface area contributed by atoms with Crippen LogP contribution in [0.4, 0.5) is 0 Å². The first-order chi connectivity index (χ1) is 9.92. The van der Waals surface area contributed by atoms with Crippen molar-refractivity contribution in [1.29, 1.82) is 0 Å². The number of rotatable bonds is 0. The molecule has 0 aromatic heterocycles. The fraction of sp³-hybridized carbons (Fsp3) is 0.900. The number of aliphatic hydroxyl groups excluding tert-OH is 1. The average Bonchev–Trinajstić information content (AvgIpc) is 2.74. The SMILES string of the molecule is CC1=C[C@]2(C)CC[C@@H]3[C@H](CC[C@H]4C[C@@H](O)CC[C@]43C)[C@H]2C1. The highest BCUT2D eigenvalue weighted by Gasteiger charge is 2.57. The first kappa shape index (κ1) is 14.3. The summed E-state index contributed by atoms with van der Waals surface area (Å²) >= 11 is 0. The Hall–Kier alpha value is -0.300. The van der Waals surface area contributed by atoms with Gasteiger partial charge in [0, 0.05) is 0 Å². The molecule has 0 aliphatic heterocycles. The summed E-state index contributed by atoms with van der Waals surface area (Å²) in [6.07, 6.45) is 13.0. The highest BCUT2D eigenvalue weighted by atomic mass is 16.3. The van der Waals surface area contributed by atoms with Crippen LogP contribution in [-0.2, 0) is 0 Å². The third-order valence-electron chi connectivity index (χ3n) is 8.19. The molecule has 0 amide bonds. The quantitative estimate of drug-likeness (QED) is 0.626. The van der Waals surface area contributed by atoms with Crippen LogP contribution < -0.4 is 0 Å². The molecule has 1 heteroatoms. The summed E-state index contributed by atoms with van der Waals surface area (Å²) in [4.78, 5) is 0. The third kappa shape index (κ3) is 1.99. The van der Waals surface area contributed by atoms with Crippen molar-refractivity contribution in [3.63, 3.8) is 0 Å². The Balaban J connectivity index is 1.63. The van der Waals surface area contributed by atoms with Gasteiger partial charge in [-0.15, -0.1) is 0 Å². The van der Waals surface area contributed by atoms with Crippen molar-refractivity contribution in [2.24, 2.45) is 34.5 Å². The van der Waals surface area contributed by atoms with Crippen LogP contribution in [0, 0.1) is 34.5 Å². The highest BCUT2D eigenvalue weighted by Crippen LogP contribution is 2.65. The number of hydrogen-bond donors (Lipinski definition) is 1. The van der Waals surface area contributed by atoms with Gasteiger partial charge in [-0.1, -0.05) is 25.5 Å². The summed E-state index contributed by atoms with van der Waals surface area (Å²) in [7, 11) is 0. The summed E-state index contributed by atoms with van der Waals surface area (Å²) in [5, 5.41) is 10.1. The number of allylic oxidation sites excluding steroid dienone is 2. The van der Waals surface area contributed by atoms with E-state index in [1.807, 2.05) is 0 Å². The lowest BCUT2D eigenvalue weighted by molar-refractivity contribution is -0.116. The van der Waals surface area contributed by atoms with Gasteiger partial charge in [0.1, 0.15) is 0 Å². The lowest BCUT2D eigenvalue weighted by atomic mass is 9.45. The predicted molar refractivity (Wildman–Crippen MR) is 86.9 cm³/mol. The molecule has 21 heavy (non-hydrogen) atoms. The zero-order valence-electron chi connectivity index (χ0n) is 14.1. The van der Waals surface area contributed by atoms with Crippen LogP contribution in [0.1, 0.15) is 72.1 Å². The van der Waals surface area contributed by atoms with Gasteiger partial charge in [0.25, 0.3) is 0 Å². The topological polar surface area (TPSA) is 20.2 Å². The van der Waals surface area contributed by atoms with Crippen molar-refractivity contribution >= 4 is 0 Å². The molecule has 0 heterocycles. The van der Waals surface area contributed by atoms with Crippen LogP contribution in [0.5, 0.6) is 0 Å². The van der Waals surface area contributed by atoms with Crippen LogP contribution in [0.15, 0.2) is 11.6 Å². The molecule has 7 atom stereocenters. The molecule has 4 aliphatic carbocycles. The molecule has 3 saturated carbocycles. The number of fused-ring (bicyclic) bond motifs is 5. The Morgan fingerprint density at radius 1 is 1.05 bits per heavy atom. The summed E-state index contributed by atoms with van der Waals surface area (Å²) in [5.74, 6) is 3.60. The molecular weight excluding hydrogens is 256 g/mol. The van der Waals surface area contributed by atoms with Gasteiger partial charge in [-0.3, -0.25) is 0 Å². The Morgan fingerprint density at radius 2 is 1.86 bits per heavy atom. The molecule has 0 aromatic rings. The maximum absolute atomic E-state index is 10.1. The fourth-order valence-electron chi connectivity index (χ4n) is 7.12. The molecule has 0 saturated heterocycles. The summed E-state index contributed by atoms with van der Waals surface area (Å²) in [6.45, 7) is 7.46. The second kappa shape index (κ2) is 4.60. The van der Waals surface area contributed by atoms with Gasteiger partial charge in [0.15, 0.2) is 0 Å². The van der Waals surface area contributed by atoms with Gasteiger partial charge in [0.2, 0.25) is 0 Å². The van der Waals surface area contributed by atoms with Crippen LogP contribution in [0.3, 0.4) is 0 Å². The third-order valence-corrected chi connectivity index (χ3v) is 8.19. The lowest BCUT2D eigenvalue weighted by Crippen LogP contribution is -2.53. The minimum Gasteiger partial charge on any atom is -0.393 e. The number of hydrogen-bond acceptors (Lipinski definition) is 1. The van der Waals surface area contributed by atoms with E-state index < -0.39 is 0 Å². The van der Waals surface area contributed by atoms with E-state index in [0.29, 0.717) is 10.8 Å². The second-order valence-corrected chi connectivity index (χ2v) is 9.32. The van der Waals surface area contributed by atoms with Crippen LogP contribution >= 0.6 is 0 Å². The van der Waals surface area contributed by atoms with E-state index in [2.05, 4.69) is 26.8 Å². The van der Waals surface area contributed by atoms with E-state index in [1.165, 1.54) is 38.5 Å². The minimum absolute atomic E-state index is 0.0103. The van der Waals surface area contributed by atoms with E-state index in [-0.39, 0.29) is 6.10 Å². The molecule has 4 aliphatic rings. The molecule has 1 N–H and O–H groups in total. The van der Waals surface area contributed by atoms with Gasteiger partial charge >= 0.3 is 0 Å². The summed E-state index contributed by atoms with van der Waals surface area (Å²) in [5.41, 5.74) is 2.68. The smallest absolute Gasteiger partial charge is 0.0543 e. The van der Waals surface area contributed by atoms with Crippen molar-refractivity contribution < 1.29 is 5.11 Å². The van der Waals surface area contributed by atoms with E-state index in [1.54, 1.807) is 5.57 Å².